The van der Waals surface area contributed by atoms with Gasteiger partial charge >= 0.3 is 0 Å². The van der Waals surface area contributed by atoms with Crippen LogP contribution in [0.4, 0.5) is 0 Å². The third-order valence-corrected chi connectivity index (χ3v) is 13.4. The van der Waals surface area contributed by atoms with E-state index in [0.29, 0.717) is 11.0 Å². The highest BCUT2D eigenvalue weighted by Crippen LogP contribution is 2.26. The maximum absolute atomic E-state index is 7.63. The van der Waals surface area contributed by atoms with E-state index in [9.17, 15) is 0 Å². The minimum atomic E-state index is -1.98. The lowest BCUT2D eigenvalue weighted by molar-refractivity contribution is 0.385. The average Bonchev–Trinajstić information content (AvgIpc) is 3.52. The number of benzene rings is 9. The van der Waals surface area contributed by atoms with Crippen LogP contribution in [0.5, 0.6) is 0 Å². The summed E-state index contributed by atoms with van der Waals surface area (Å²) < 4.78 is 29.4. The molecule has 1 aliphatic rings. The number of hydrogen-bond donors (Lipinski definition) is 0. The largest absolute Gasteiger partial charge is 0.0625 e. The van der Waals surface area contributed by atoms with Gasteiger partial charge in [-0.05, 0) is 168 Å². The molecule has 1 aliphatic carbocycles. The first-order valence-corrected chi connectivity index (χ1v) is 28.5. The van der Waals surface area contributed by atoms with Gasteiger partial charge in [0.25, 0.3) is 0 Å². The van der Waals surface area contributed by atoms with Crippen LogP contribution in [0, 0.1) is 101 Å². The van der Waals surface area contributed by atoms with Crippen LogP contribution in [0.15, 0.2) is 212 Å². The fourth-order valence-corrected chi connectivity index (χ4v) is 8.43. The molecular formula is C79H100. The molecule has 0 saturated heterocycles. The molecule has 0 atom stereocenters. The van der Waals surface area contributed by atoms with Gasteiger partial charge in [-0.1, -0.05) is 318 Å². The molecule has 0 spiro atoms. The topological polar surface area (TPSA) is 0 Å². The minimum Gasteiger partial charge on any atom is -0.0625 e. The van der Waals surface area contributed by atoms with Crippen molar-refractivity contribution >= 4 is 0 Å². The van der Waals surface area contributed by atoms with E-state index in [1.54, 1.807) is 12.1 Å². The molecular weight excluding hydrogens is 949 g/mol. The molecule has 416 valence electrons. The van der Waals surface area contributed by atoms with Gasteiger partial charge in [-0.3, -0.25) is 0 Å². The summed E-state index contributed by atoms with van der Waals surface area (Å²) in [6.07, 6.45) is 6.15. The summed E-state index contributed by atoms with van der Waals surface area (Å²) in [7, 11) is 0. The van der Waals surface area contributed by atoms with Crippen LogP contribution in [0.25, 0.3) is 33.4 Å². The Morgan fingerprint density at radius 2 is 0.582 bits per heavy atom. The van der Waals surface area contributed by atoms with Crippen molar-refractivity contribution in [3.05, 3.63) is 285 Å². The Bertz CT molecular complexity index is 3110. The van der Waals surface area contributed by atoms with Crippen molar-refractivity contribution in [1.82, 2.24) is 0 Å². The Labute approximate surface area is 489 Å². The van der Waals surface area contributed by atoms with Gasteiger partial charge in [0.2, 0.25) is 0 Å². The van der Waals surface area contributed by atoms with E-state index < -0.39 is 6.85 Å². The second kappa shape index (κ2) is 35.5. The van der Waals surface area contributed by atoms with Crippen LogP contribution in [0.1, 0.15) is 145 Å². The highest BCUT2D eigenvalue weighted by molar-refractivity contribution is 5.70. The van der Waals surface area contributed by atoms with E-state index in [1.165, 1.54) is 108 Å². The van der Waals surface area contributed by atoms with Gasteiger partial charge in [-0.2, -0.15) is 0 Å². The Hall–Kier alpha value is -7.02. The Morgan fingerprint density at radius 3 is 0.848 bits per heavy atom. The van der Waals surface area contributed by atoms with Gasteiger partial charge in [-0.15, -0.1) is 0 Å². The lowest BCUT2D eigenvalue weighted by Crippen LogP contribution is -1.99. The van der Waals surface area contributed by atoms with E-state index in [2.05, 4.69) is 260 Å². The maximum atomic E-state index is 7.63. The molecule has 0 N–H and O–H groups in total. The Balaban J connectivity index is 0.000000257. The van der Waals surface area contributed by atoms with Crippen molar-refractivity contribution in [1.29, 1.82) is 0 Å². The molecule has 0 heteroatoms. The minimum absolute atomic E-state index is 0.0712. The molecule has 0 bridgehead atoms. The number of aryl methyl sites for hydroxylation is 11. The molecule has 9 aromatic carbocycles. The van der Waals surface area contributed by atoms with Crippen molar-refractivity contribution in [2.75, 3.05) is 0 Å². The summed E-state index contributed by atoms with van der Waals surface area (Å²) >= 11 is 0. The van der Waals surface area contributed by atoms with Gasteiger partial charge in [0.15, 0.2) is 0 Å². The van der Waals surface area contributed by atoms with E-state index in [-0.39, 0.29) is 5.89 Å². The number of hydrogen-bond acceptors (Lipinski definition) is 0. The normalized spacial score (nSPS) is 12.7. The molecule has 1 fully saturated rings. The van der Waals surface area contributed by atoms with Crippen molar-refractivity contribution in [3.8, 4) is 33.4 Å². The SMILES string of the molecule is CC(C)(C)C.Cc1cc(C)cc(C)c1.Cc1ccc(-c2ccc(-c3ccccc3)cc2)cc1.Cc1ccc(-c2ccccc2)cc1.Cc1cccc(C)c1C.Cc1ccccc1.[2H]C([2H])([2H])c1cc(C)c(C)c(C)c1.[2H]C1(C)CCCCC1. The predicted octanol–water partition coefficient (Wildman–Crippen LogP) is 23.8. The molecule has 79 heavy (non-hydrogen) atoms. The second-order valence-corrected chi connectivity index (χ2v) is 23.1. The fraction of sp³-hybridized carbons (Fsp3) is 0.316. The van der Waals surface area contributed by atoms with E-state index >= 15 is 0 Å². The first kappa shape index (κ1) is 59.6. The molecule has 10 rings (SSSR count). The van der Waals surface area contributed by atoms with Gasteiger partial charge in [0.05, 0.1) is 0 Å². The van der Waals surface area contributed by atoms with Gasteiger partial charge in [-0.25, -0.2) is 0 Å². The predicted molar refractivity (Wildman–Crippen MR) is 354 cm³/mol. The zero-order valence-corrected chi connectivity index (χ0v) is 51.7. The molecule has 0 aromatic heterocycles. The van der Waals surface area contributed by atoms with Crippen molar-refractivity contribution in [2.24, 2.45) is 11.3 Å². The van der Waals surface area contributed by atoms with E-state index in [4.69, 9.17) is 5.48 Å². The zero-order chi connectivity index (χ0) is 61.8. The molecule has 0 aliphatic heterocycles. The van der Waals surface area contributed by atoms with E-state index in [0.717, 1.165) is 24.0 Å². The lowest BCUT2D eigenvalue weighted by Gasteiger charge is -2.15. The molecule has 0 amide bonds. The lowest BCUT2D eigenvalue weighted by atomic mass is 9.91. The van der Waals surface area contributed by atoms with Gasteiger partial charge < -0.3 is 0 Å². The van der Waals surface area contributed by atoms with Crippen molar-refractivity contribution in [2.45, 2.75) is 157 Å². The van der Waals surface area contributed by atoms with Crippen LogP contribution in [-0.2, 0) is 0 Å². The molecule has 0 nitrogen and oxygen atoms in total. The maximum Gasteiger partial charge on any atom is 0.0300 e. The Morgan fingerprint density at radius 1 is 0.304 bits per heavy atom. The summed E-state index contributed by atoms with van der Waals surface area (Å²) in [5, 5.41) is 0. The molecule has 1 saturated carbocycles. The van der Waals surface area contributed by atoms with Crippen molar-refractivity contribution < 1.29 is 5.48 Å². The summed E-state index contributed by atoms with van der Waals surface area (Å²) in [5.74, 6) is -0.0712. The summed E-state index contributed by atoms with van der Waals surface area (Å²) in [6.45, 7) is 33.8. The van der Waals surface area contributed by atoms with Gasteiger partial charge in [0, 0.05) is 5.48 Å². The Kier molecular flexibility index (Phi) is 26.8. The quantitative estimate of drug-likeness (QED) is 0.165. The summed E-state index contributed by atoms with van der Waals surface area (Å²) in [4.78, 5) is 0. The second-order valence-electron chi connectivity index (χ2n) is 23.1. The fourth-order valence-electron chi connectivity index (χ4n) is 8.43. The molecule has 0 radical (unpaired) electrons. The average molecular weight is 1050 g/mol. The van der Waals surface area contributed by atoms with E-state index in [1.807, 2.05) is 58.0 Å². The zero-order valence-electron chi connectivity index (χ0n) is 55.7. The molecule has 0 unspecified atom stereocenters. The van der Waals surface area contributed by atoms with Crippen LogP contribution >= 0.6 is 0 Å². The summed E-state index contributed by atoms with van der Waals surface area (Å²) in [5.41, 5.74) is 24.0. The number of rotatable bonds is 3. The monoisotopic (exact) mass is 1050 g/mol. The standard InChI is InChI=1S/C19H16.C13H12.C10H14.2C9H12.C7H14.C7H8.C5H12/c1-15-7-9-17(10-8-15)19-13-11-18(12-14-19)16-5-3-2-4-6-16;1-11-7-9-13(10-8-11)12-5-3-2-4-6-12;1-7-5-8(2)10(4)9(3)6-7;1-7-4-8(2)6-9(3)5-7;1-7-5-4-6-8(2)9(7)3;2*1-7-5-3-2-4-6-7;1-5(2,3)4/h2-14H,1H3;2-10H,1H3;5-6H,1-4H3;2*4-6H,1-3H3;7H,2-6H2,1H3;2-6H,1H3;1-4H3/i;;1D3;;;7D;;. The highest BCUT2D eigenvalue weighted by Gasteiger charge is 2.06. The first-order chi connectivity index (χ1) is 39.0. The highest BCUT2D eigenvalue weighted by atomic mass is 14.1. The summed E-state index contributed by atoms with van der Waals surface area (Å²) in [6, 6.07) is 73.6. The third kappa shape index (κ3) is 28.4. The van der Waals surface area contributed by atoms with Crippen LogP contribution in [-0.4, -0.2) is 0 Å². The van der Waals surface area contributed by atoms with Crippen molar-refractivity contribution in [3.63, 3.8) is 0 Å². The van der Waals surface area contributed by atoms with Crippen LogP contribution < -0.4 is 0 Å². The van der Waals surface area contributed by atoms with Crippen LogP contribution in [0.3, 0.4) is 0 Å². The molecule has 0 heterocycles. The van der Waals surface area contributed by atoms with Gasteiger partial charge in [0.1, 0.15) is 0 Å². The van der Waals surface area contributed by atoms with Crippen LogP contribution in [0.2, 0.25) is 0 Å². The first-order valence-electron chi connectivity index (χ1n) is 30.5. The third-order valence-electron chi connectivity index (χ3n) is 13.4. The smallest absolute Gasteiger partial charge is 0.0300 e. The molecule has 9 aromatic rings.